The second-order valence-corrected chi connectivity index (χ2v) is 4.63. The van der Waals surface area contributed by atoms with Crippen LogP contribution in [-0.4, -0.2) is 18.0 Å². The Morgan fingerprint density at radius 2 is 1.95 bits per heavy atom. The van der Waals surface area contributed by atoms with Crippen molar-refractivity contribution in [2.24, 2.45) is 5.84 Å². The molecule has 0 radical (unpaired) electrons. The Hall–Kier alpha value is -2.79. The summed E-state index contributed by atoms with van der Waals surface area (Å²) in [6.07, 6.45) is 0. The first-order chi connectivity index (χ1) is 10.2. The Kier molecular flexibility index (Phi) is 3.33. The van der Waals surface area contributed by atoms with Gasteiger partial charge in [-0.25, -0.2) is 5.84 Å². The summed E-state index contributed by atoms with van der Waals surface area (Å²) in [4.78, 5) is 15.2. The maximum Gasteiger partial charge on any atom is 0.282 e. The fraction of sp³-hybridized carbons (Fsp3) is 0.0625. The van der Waals surface area contributed by atoms with Gasteiger partial charge in [0.05, 0.1) is 7.11 Å². The van der Waals surface area contributed by atoms with Gasteiger partial charge in [-0.15, -0.1) is 0 Å². The van der Waals surface area contributed by atoms with Gasteiger partial charge >= 0.3 is 0 Å². The lowest BCUT2D eigenvalue weighted by Crippen LogP contribution is -2.30. The Morgan fingerprint density at radius 1 is 1.19 bits per heavy atom. The number of nitrogens with one attached hydrogen (secondary N) is 2. The summed E-state index contributed by atoms with van der Waals surface area (Å²) >= 11 is 0. The van der Waals surface area contributed by atoms with Crippen LogP contribution in [0.15, 0.2) is 48.5 Å². The molecule has 1 heterocycles. The van der Waals surface area contributed by atoms with Gasteiger partial charge in [0, 0.05) is 16.5 Å². The van der Waals surface area contributed by atoms with Crippen LogP contribution >= 0.6 is 0 Å². The van der Waals surface area contributed by atoms with Crippen molar-refractivity contribution >= 4 is 16.8 Å². The number of carbonyl (C=O) groups is 1. The van der Waals surface area contributed by atoms with Crippen LogP contribution < -0.4 is 16.0 Å². The molecule has 21 heavy (non-hydrogen) atoms. The number of methoxy groups -OCH3 is 1. The monoisotopic (exact) mass is 281 g/mol. The van der Waals surface area contributed by atoms with E-state index < -0.39 is 0 Å². The van der Waals surface area contributed by atoms with Crippen LogP contribution in [0.25, 0.3) is 22.0 Å². The predicted octanol–water partition coefficient (Wildman–Crippen LogP) is 2.45. The van der Waals surface area contributed by atoms with E-state index in [-0.39, 0.29) is 5.91 Å². The number of aromatic amines is 1. The average molecular weight is 281 g/mol. The third kappa shape index (κ3) is 2.23. The molecular formula is C16H15N3O2. The maximum absolute atomic E-state index is 12.0. The SMILES string of the molecule is COc1ccc2[nH]c(C(=O)NN)c(-c3ccccc3)c2c1. The van der Waals surface area contributed by atoms with Gasteiger partial charge in [0.15, 0.2) is 0 Å². The number of H-pyrrole nitrogens is 1. The van der Waals surface area contributed by atoms with E-state index in [9.17, 15) is 4.79 Å². The number of benzene rings is 2. The van der Waals surface area contributed by atoms with Gasteiger partial charge in [-0.3, -0.25) is 10.2 Å². The summed E-state index contributed by atoms with van der Waals surface area (Å²) < 4.78 is 5.27. The van der Waals surface area contributed by atoms with Crippen molar-refractivity contribution in [2.75, 3.05) is 7.11 Å². The lowest BCUT2D eigenvalue weighted by atomic mass is 10.0. The second-order valence-electron chi connectivity index (χ2n) is 4.63. The van der Waals surface area contributed by atoms with Crippen molar-refractivity contribution in [1.29, 1.82) is 0 Å². The fourth-order valence-corrected chi connectivity index (χ4v) is 2.45. The van der Waals surface area contributed by atoms with Crippen LogP contribution in [0.3, 0.4) is 0 Å². The van der Waals surface area contributed by atoms with Crippen LogP contribution in [-0.2, 0) is 0 Å². The molecule has 1 amide bonds. The third-order valence-electron chi connectivity index (χ3n) is 3.43. The van der Waals surface area contributed by atoms with Gasteiger partial charge in [0.25, 0.3) is 5.91 Å². The number of hydrogen-bond donors (Lipinski definition) is 3. The van der Waals surface area contributed by atoms with Crippen molar-refractivity contribution in [3.8, 4) is 16.9 Å². The Bertz CT molecular complexity index is 794. The molecule has 0 aliphatic rings. The lowest BCUT2D eigenvalue weighted by Gasteiger charge is -2.05. The first-order valence-electron chi connectivity index (χ1n) is 6.50. The molecule has 0 spiro atoms. The molecule has 5 nitrogen and oxygen atoms in total. The Morgan fingerprint density at radius 3 is 2.62 bits per heavy atom. The highest BCUT2D eigenvalue weighted by molar-refractivity contribution is 6.09. The zero-order valence-electron chi connectivity index (χ0n) is 11.5. The topological polar surface area (TPSA) is 80.1 Å². The summed E-state index contributed by atoms with van der Waals surface area (Å²) in [6, 6.07) is 15.3. The third-order valence-corrected chi connectivity index (χ3v) is 3.43. The van der Waals surface area contributed by atoms with Crippen LogP contribution in [0, 0.1) is 0 Å². The van der Waals surface area contributed by atoms with E-state index in [4.69, 9.17) is 10.6 Å². The maximum atomic E-state index is 12.0. The van der Waals surface area contributed by atoms with Gasteiger partial charge in [-0.05, 0) is 23.8 Å². The molecule has 0 fully saturated rings. The van der Waals surface area contributed by atoms with E-state index in [1.165, 1.54) is 0 Å². The molecule has 0 unspecified atom stereocenters. The van der Waals surface area contributed by atoms with Gasteiger partial charge in [-0.2, -0.15) is 0 Å². The molecule has 1 aromatic heterocycles. The molecule has 3 rings (SSSR count). The molecule has 2 aromatic carbocycles. The minimum Gasteiger partial charge on any atom is -0.497 e. The van der Waals surface area contributed by atoms with E-state index in [1.54, 1.807) is 7.11 Å². The molecule has 4 N–H and O–H groups in total. The Labute approximate surface area is 121 Å². The Balaban J connectivity index is 2.33. The largest absolute Gasteiger partial charge is 0.497 e. The minimum absolute atomic E-state index is 0.357. The smallest absolute Gasteiger partial charge is 0.282 e. The minimum atomic E-state index is -0.357. The number of fused-ring (bicyclic) bond motifs is 1. The summed E-state index contributed by atoms with van der Waals surface area (Å²) in [5.41, 5.74) is 5.22. The highest BCUT2D eigenvalue weighted by atomic mass is 16.5. The number of hydrazine groups is 1. The van der Waals surface area contributed by atoms with E-state index in [2.05, 4.69) is 10.4 Å². The van der Waals surface area contributed by atoms with Crippen LogP contribution in [0.2, 0.25) is 0 Å². The predicted molar refractivity (Wildman–Crippen MR) is 81.9 cm³/mol. The first kappa shape index (κ1) is 13.2. The number of aromatic nitrogens is 1. The molecule has 106 valence electrons. The van der Waals surface area contributed by atoms with Crippen molar-refractivity contribution in [3.63, 3.8) is 0 Å². The molecule has 3 aromatic rings. The number of hydrogen-bond acceptors (Lipinski definition) is 3. The molecule has 0 aliphatic heterocycles. The highest BCUT2D eigenvalue weighted by Crippen LogP contribution is 2.34. The molecular weight excluding hydrogens is 266 g/mol. The summed E-state index contributed by atoms with van der Waals surface area (Å²) in [6.45, 7) is 0. The van der Waals surface area contributed by atoms with Crippen molar-refractivity contribution in [3.05, 3.63) is 54.2 Å². The number of rotatable bonds is 3. The van der Waals surface area contributed by atoms with E-state index >= 15 is 0 Å². The van der Waals surface area contributed by atoms with Gasteiger partial charge in [0.1, 0.15) is 11.4 Å². The summed E-state index contributed by atoms with van der Waals surface area (Å²) in [5, 5.41) is 0.916. The number of nitrogens with two attached hydrogens (primary N) is 1. The lowest BCUT2D eigenvalue weighted by molar-refractivity contribution is 0.0950. The van der Waals surface area contributed by atoms with Gasteiger partial charge < -0.3 is 9.72 Å². The zero-order valence-corrected chi connectivity index (χ0v) is 11.5. The van der Waals surface area contributed by atoms with E-state index in [1.807, 2.05) is 48.5 Å². The molecule has 0 aliphatic carbocycles. The van der Waals surface area contributed by atoms with Crippen LogP contribution in [0.5, 0.6) is 5.75 Å². The number of amides is 1. The van der Waals surface area contributed by atoms with Crippen molar-refractivity contribution < 1.29 is 9.53 Å². The second kappa shape index (κ2) is 5.30. The van der Waals surface area contributed by atoms with E-state index in [0.29, 0.717) is 5.69 Å². The number of ether oxygens (including phenoxy) is 1. The standard InChI is InChI=1S/C16H15N3O2/c1-21-11-7-8-13-12(9-11)14(10-5-3-2-4-6-10)15(18-13)16(20)19-17/h2-9,18H,17H2,1H3,(H,19,20). The summed E-state index contributed by atoms with van der Waals surface area (Å²) in [7, 11) is 1.61. The molecule has 5 heteroatoms. The normalized spacial score (nSPS) is 10.6. The van der Waals surface area contributed by atoms with Crippen LogP contribution in [0.1, 0.15) is 10.5 Å². The molecule has 0 atom stereocenters. The van der Waals surface area contributed by atoms with Gasteiger partial charge in [0.2, 0.25) is 0 Å². The molecule has 0 bridgehead atoms. The number of nitrogen functional groups attached to an aromatic ring is 1. The van der Waals surface area contributed by atoms with Crippen molar-refractivity contribution in [1.82, 2.24) is 10.4 Å². The fourth-order valence-electron chi connectivity index (χ4n) is 2.45. The van der Waals surface area contributed by atoms with Crippen LogP contribution in [0.4, 0.5) is 0 Å². The van der Waals surface area contributed by atoms with Crippen molar-refractivity contribution in [2.45, 2.75) is 0 Å². The zero-order chi connectivity index (χ0) is 14.8. The average Bonchev–Trinajstić information content (AvgIpc) is 2.93. The summed E-state index contributed by atoms with van der Waals surface area (Å²) in [5.74, 6) is 5.66. The number of carbonyl (C=O) groups excluding carboxylic acids is 1. The highest BCUT2D eigenvalue weighted by Gasteiger charge is 2.18. The van der Waals surface area contributed by atoms with Gasteiger partial charge in [-0.1, -0.05) is 30.3 Å². The first-order valence-corrected chi connectivity index (χ1v) is 6.50. The quantitative estimate of drug-likeness (QED) is 0.392. The molecule has 0 saturated carbocycles. The molecule has 0 saturated heterocycles. The van der Waals surface area contributed by atoms with E-state index in [0.717, 1.165) is 27.8 Å².